The van der Waals surface area contributed by atoms with E-state index >= 15 is 0 Å². The van der Waals surface area contributed by atoms with Gasteiger partial charge in [-0.3, -0.25) is 4.79 Å². The Balaban J connectivity index is 1.39. The summed E-state index contributed by atoms with van der Waals surface area (Å²) in [4.78, 5) is 27.7. The molecule has 250 valence electrons. The Labute approximate surface area is 270 Å². The van der Waals surface area contributed by atoms with Crippen LogP contribution in [0, 0.1) is 11.8 Å². The standard InChI is InChI=1S/C33H44N4O8S/c1-20(2)17-37(46(41,42)23-11-12-26-25(16-23)30(31(39)34-26)21(3)36(4)5)18-28(38)27(15-22-9-7-6-8-10-22)35-33(40)45-29-19-44-32-24(29)13-14-43-32/h6-12,16,20,24,27-29,32,38H,13-15,17-19H2,1-5H3,(H,34,39)(H,35,40)/b30-21-. The lowest BCUT2D eigenvalue weighted by atomic mass is 10.0. The number of carbonyl (C=O) groups is 2. The van der Waals surface area contributed by atoms with Crippen LogP contribution in [0.5, 0.6) is 0 Å². The topological polar surface area (TPSA) is 147 Å². The van der Waals surface area contributed by atoms with E-state index in [-0.39, 0.29) is 55.0 Å². The second-order valence-corrected chi connectivity index (χ2v) is 14.6. The number of allylic oxidation sites excluding steroid dienone is 1. The van der Waals surface area contributed by atoms with E-state index in [4.69, 9.17) is 14.2 Å². The quantitative estimate of drug-likeness (QED) is 0.294. The molecule has 2 aromatic carbocycles. The van der Waals surface area contributed by atoms with Gasteiger partial charge in [-0.25, -0.2) is 13.2 Å². The molecule has 5 rings (SSSR count). The Morgan fingerprint density at radius 3 is 2.57 bits per heavy atom. The zero-order chi connectivity index (χ0) is 33.2. The molecule has 0 radical (unpaired) electrons. The molecule has 3 heterocycles. The van der Waals surface area contributed by atoms with E-state index in [1.54, 1.807) is 17.9 Å². The molecular weight excluding hydrogens is 612 g/mol. The smallest absolute Gasteiger partial charge is 0.407 e. The van der Waals surface area contributed by atoms with Crippen molar-refractivity contribution < 1.29 is 37.3 Å². The molecule has 0 aliphatic carbocycles. The zero-order valence-corrected chi connectivity index (χ0v) is 27.7. The molecule has 5 atom stereocenters. The third kappa shape index (κ3) is 7.39. The summed E-state index contributed by atoms with van der Waals surface area (Å²) in [5, 5.41) is 17.2. The fraction of sp³-hybridized carbons (Fsp3) is 0.515. The predicted octanol–water partition coefficient (Wildman–Crippen LogP) is 3.04. The first kappa shape index (κ1) is 33.9. The number of amides is 2. The number of ether oxygens (including phenoxy) is 3. The first-order valence-corrected chi connectivity index (χ1v) is 17.1. The molecule has 0 aromatic heterocycles. The largest absolute Gasteiger partial charge is 0.443 e. The van der Waals surface area contributed by atoms with Gasteiger partial charge in [0.25, 0.3) is 5.91 Å². The van der Waals surface area contributed by atoms with Crippen molar-refractivity contribution in [3.63, 3.8) is 0 Å². The third-order valence-electron chi connectivity index (χ3n) is 8.68. The molecule has 0 bridgehead atoms. The maximum absolute atomic E-state index is 14.2. The number of benzene rings is 2. The highest BCUT2D eigenvalue weighted by Crippen LogP contribution is 2.37. The number of rotatable bonds is 12. The van der Waals surface area contributed by atoms with Crippen molar-refractivity contribution in [2.45, 2.75) is 63.0 Å². The van der Waals surface area contributed by atoms with E-state index in [9.17, 15) is 23.1 Å². The number of hydrogen-bond donors (Lipinski definition) is 3. The molecule has 2 aromatic rings. The van der Waals surface area contributed by atoms with Crippen molar-refractivity contribution in [3.8, 4) is 0 Å². The summed E-state index contributed by atoms with van der Waals surface area (Å²) in [5.74, 6) is -0.419. The normalized spacial score (nSPS) is 23.1. The summed E-state index contributed by atoms with van der Waals surface area (Å²) in [6, 6.07) is 13.0. The lowest BCUT2D eigenvalue weighted by Crippen LogP contribution is -2.51. The van der Waals surface area contributed by atoms with Gasteiger partial charge in [0, 0.05) is 44.1 Å². The van der Waals surface area contributed by atoms with E-state index in [1.807, 2.05) is 58.3 Å². The van der Waals surface area contributed by atoms with Gasteiger partial charge < -0.3 is 34.9 Å². The van der Waals surface area contributed by atoms with Crippen LogP contribution in [-0.2, 0) is 35.4 Å². The number of nitrogens with one attached hydrogen (secondary N) is 2. The van der Waals surface area contributed by atoms with E-state index in [1.165, 1.54) is 16.4 Å². The van der Waals surface area contributed by atoms with E-state index in [0.29, 0.717) is 29.1 Å². The van der Waals surface area contributed by atoms with Crippen LogP contribution in [0.4, 0.5) is 10.5 Å². The summed E-state index contributed by atoms with van der Waals surface area (Å²) in [5.41, 5.74) is 2.98. The Kier molecular flexibility index (Phi) is 10.4. The number of alkyl carbamates (subject to hydrolysis) is 1. The molecule has 13 heteroatoms. The van der Waals surface area contributed by atoms with Crippen LogP contribution in [0.15, 0.2) is 59.1 Å². The third-order valence-corrected chi connectivity index (χ3v) is 10.5. The van der Waals surface area contributed by atoms with Crippen molar-refractivity contribution in [2.24, 2.45) is 11.8 Å². The molecule has 2 saturated heterocycles. The minimum absolute atomic E-state index is 0.00112. The van der Waals surface area contributed by atoms with Crippen LogP contribution in [0.3, 0.4) is 0 Å². The molecular formula is C33H44N4O8S. The zero-order valence-electron chi connectivity index (χ0n) is 26.9. The monoisotopic (exact) mass is 656 g/mol. The van der Waals surface area contributed by atoms with E-state index in [2.05, 4.69) is 10.6 Å². The fourth-order valence-corrected chi connectivity index (χ4v) is 7.72. The number of nitrogens with zero attached hydrogens (tertiary/aromatic N) is 2. The van der Waals surface area contributed by atoms with Crippen molar-refractivity contribution in [3.05, 3.63) is 65.4 Å². The second-order valence-electron chi connectivity index (χ2n) is 12.7. The van der Waals surface area contributed by atoms with Gasteiger partial charge in [0.05, 0.1) is 41.7 Å². The Morgan fingerprint density at radius 2 is 1.87 bits per heavy atom. The van der Waals surface area contributed by atoms with Gasteiger partial charge in [0.15, 0.2) is 6.29 Å². The van der Waals surface area contributed by atoms with Crippen LogP contribution in [0.1, 0.15) is 38.3 Å². The van der Waals surface area contributed by atoms with Gasteiger partial charge in [0.2, 0.25) is 10.0 Å². The number of aliphatic hydroxyl groups is 1. The first-order valence-electron chi connectivity index (χ1n) is 15.6. The molecule has 2 amide bonds. The summed E-state index contributed by atoms with van der Waals surface area (Å²) < 4.78 is 46.4. The Bertz CT molecular complexity index is 1560. The van der Waals surface area contributed by atoms with Crippen LogP contribution in [0.25, 0.3) is 5.57 Å². The average Bonchev–Trinajstić information content (AvgIpc) is 3.71. The summed E-state index contributed by atoms with van der Waals surface area (Å²) >= 11 is 0. The minimum Gasteiger partial charge on any atom is -0.443 e. The average molecular weight is 657 g/mol. The predicted molar refractivity (Wildman–Crippen MR) is 172 cm³/mol. The van der Waals surface area contributed by atoms with Gasteiger partial charge in [-0.05, 0) is 49.4 Å². The lowest BCUT2D eigenvalue weighted by Gasteiger charge is -2.31. The van der Waals surface area contributed by atoms with Gasteiger partial charge >= 0.3 is 6.09 Å². The first-order chi connectivity index (χ1) is 21.8. The SMILES string of the molecule is C/C(=C1/C(=O)Nc2ccc(S(=O)(=O)N(CC(C)C)CC(O)C(Cc3ccccc3)NC(=O)OC3COC4OCCC34)cc21)N(C)C. The highest BCUT2D eigenvalue weighted by atomic mass is 32.2. The highest BCUT2D eigenvalue weighted by Gasteiger charge is 2.44. The molecule has 5 unspecified atom stereocenters. The van der Waals surface area contributed by atoms with Crippen molar-refractivity contribution in [1.29, 1.82) is 0 Å². The van der Waals surface area contributed by atoms with Gasteiger partial charge in [-0.1, -0.05) is 44.2 Å². The van der Waals surface area contributed by atoms with Crippen LogP contribution in [0.2, 0.25) is 0 Å². The number of anilines is 1. The molecule has 12 nitrogen and oxygen atoms in total. The number of aliphatic hydroxyl groups excluding tert-OH is 1. The number of hydrogen-bond acceptors (Lipinski definition) is 9. The lowest BCUT2D eigenvalue weighted by molar-refractivity contribution is -0.110. The maximum atomic E-state index is 14.2. The molecule has 3 aliphatic heterocycles. The number of fused-ring (bicyclic) bond motifs is 2. The van der Waals surface area contributed by atoms with Crippen molar-refractivity contribution in [1.82, 2.24) is 14.5 Å². The van der Waals surface area contributed by atoms with Crippen molar-refractivity contribution in [2.75, 3.05) is 45.7 Å². The van der Waals surface area contributed by atoms with Crippen LogP contribution >= 0.6 is 0 Å². The Hall–Kier alpha value is -3.49. The summed E-state index contributed by atoms with van der Waals surface area (Å²) in [6.45, 7) is 6.19. The molecule has 3 aliphatic rings. The van der Waals surface area contributed by atoms with Gasteiger partial charge in [-0.15, -0.1) is 0 Å². The fourth-order valence-electron chi connectivity index (χ4n) is 6.07. The molecule has 3 N–H and O–H groups in total. The van der Waals surface area contributed by atoms with E-state index < -0.39 is 34.4 Å². The number of carbonyl (C=O) groups excluding carboxylic acids is 2. The summed E-state index contributed by atoms with van der Waals surface area (Å²) in [6.07, 6.45) is -1.90. The van der Waals surface area contributed by atoms with Gasteiger partial charge in [0.1, 0.15) is 6.10 Å². The second kappa shape index (κ2) is 14.1. The van der Waals surface area contributed by atoms with Crippen LogP contribution < -0.4 is 10.6 Å². The van der Waals surface area contributed by atoms with Crippen molar-refractivity contribution >= 4 is 33.3 Å². The van der Waals surface area contributed by atoms with Crippen LogP contribution in [-0.4, -0.2) is 99.7 Å². The van der Waals surface area contributed by atoms with Gasteiger partial charge in [-0.2, -0.15) is 4.31 Å². The van der Waals surface area contributed by atoms with E-state index in [0.717, 1.165) is 12.0 Å². The molecule has 0 spiro atoms. The minimum atomic E-state index is -4.14. The maximum Gasteiger partial charge on any atom is 0.407 e. The summed E-state index contributed by atoms with van der Waals surface area (Å²) in [7, 11) is -0.506. The highest BCUT2D eigenvalue weighted by molar-refractivity contribution is 7.89. The Morgan fingerprint density at radius 1 is 1.13 bits per heavy atom. The number of sulfonamides is 1. The molecule has 46 heavy (non-hydrogen) atoms. The molecule has 0 saturated carbocycles. The molecule has 2 fully saturated rings.